The van der Waals surface area contributed by atoms with Gasteiger partial charge in [0.1, 0.15) is 11.9 Å². The third kappa shape index (κ3) is 1.89. The molecule has 1 unspecified atom stereocenters. The zero-order chi connectivity index (χ0) is 9.14. The van der Waals surface area contributed by atoms with Crippen LogP contribution in [0, 0.1) is 5.82 Å². The van der Waals surface area contributed by atoms with E-state index in [9.17, 15) is 14.3 Å². The van der Waals surface area contributed by atoms with Gasteiger partial charge in [0.15, 0.2) is 5.78 Å². The second kappa shape index (κ2) is 3.45. The number of Topliss-reactive ketones (excluding diaryl/α,β-unsaturated/α-hetero) is 1. The standard InChI is InChI=1S/C9H9FO2/c1-6(11)9(12)7-2-4-8(10)5-3-7/h2-5,9,12H,1H3. The number of ketones is 1. The van der Waals surface area contributed by atoms with Crippen molar-refractivity contribution in [3.63, 3.8) is 0 Å². The molecule has 0 heterocycles. The summed E-state index contributed by atoms with van der Waals surface area (Å²) in [5.41, 5.74) is 0.420. The van der Waals surface area contributed by atoms with Gasteiger partial charge in [-0.25, -0.2) is 4.39 Å². The molecule has 0 saturated heterocycles. The first-order valence-corrected chi connectivity index (χ1v) is 3.55. The fourth-order valence-electron chi connectivity index (χ4n) is 0.880. The Labute approximate surface area is 69.6 Å². The molecule has 1 aromatic rings. The van der Waals surface area contributed by atoms with Crippen LogP contribution in [0.2, 0.25) is 0 Å². The number of aliphatic hydroxyl groups excluding tert-OH is 1. The van der Waals surface area contributed by atoms with E-state index in [1.165, 1.54) is 31.2 Å². The summed E-state index contributed by atoms with van der Waals surface area (Å²) in [7, 11) is 0. The van der Waals surface area contributed by atoms with Crippen LogP contribution >= 0.6 is 0 Å². The topological polar surface area (TPSA) is 37.3 Å². The molecule has 0 fully saturated rings. The second-order valence-electron chi connectivity index (χ2n) is 2.56. The molecule has 0 aliphatic rings. The largest absolute Gasteiger partial charge is 0.381 e. The van der Waals surface area contributed by atoms with Crippen LogP contribution in [0.5, 0.6) is 0 Å². The predicted molar refractivity (Wildman–Crippen MR) is 42.0 cm³/mol. The van der Waals surface area contributed by atoms with E-state index in [-0.39, 0.29) is 11.6 Å². The van der Waals surface area contributed by atoms with Crippen molar-refractivity contribution in [2.45, 2.75) is 13.0 Å². The molecule has 0 aromatic heterocycles. The van der Waals surface area contributed by atoms with Gasteiger partial charge in [0, 0.05) is 0 Å². The Bertz CT molecular complexity index is 279. The number of halogens is 1. The number of hydrogen-bond donors (Lipinski definition) is 1. The van der Waals surface area contributed by atoms with Gasteiger partial charge in [-0.05, 0) is 24.6 Å². The molecule has 0 saturated carbocycles. The minimum absolute atomic E-state index is 0.346. The highest BCUT2D eigenvalue weighted by molar-refractivity contribution is 5.81. The Kier molecular flexibility index (Phi) is 2.55. The van der Waals surface area contributed by atoms with Gasteiger partial charge < -0.3 is 5.11 Å². The highest BCUT2D eigenvalue weighted by Gasteiger charge is 2.11. The van der Waals surface area contributed by atoms with Gasteiger partial charge in [0.05, 0.1) is 0 Å². The zero-order valence-corrected chi connectivity index (χ0v) is 6.62. The van der Waals surface area contributed by atoms with E-state index >= 15 is 0 Å². The van der Waals surface area contributed by atoms with Gasteiger partial charge in [-0.3, -0.25) is 4.79 Å². The van der Waals surface area contributed by atoms with Gasteiger partial charge in [-0.1, -0.05) is 12.1 Å². The van der Waals surface area contributed by atoms with Gasteiger partial charge in [-0.15, -0.1) is 0 Å². The van der Waals surface area contributed by atoms with E-state index in [1.54, 1.807) is 0 Å². The minimum Gasteiger partial charge on any atom is -0.381 e. The zero-order valence-electron chi connectivity index (χ0n) is 6.62. The van der Waals surface area contributed by atoms with Gasteiger partial charge >= 0.3 is 0 Å². The Morgan fingerprint density at radius 2 is 1.92 bits per heavy atom. The van der Waals surface area contributed by atoms with Crippen LogP contribution in [-0.2, 0) is 4.79 Å². The van der Waals surface area contributed by atoms with Crippen LogP contribution in [0.25, 0.3) is 0 Å². The van der Waals surface area contributed by atoms with E-state index in [0.717, 1.165) is 0 Å². The van der Waals surface area contributed by atoms with Crippen LogP contribution < -0.4 is 0 Å². The summed E-state index contributed by atoms with van der Waals surface area (Å²) in [6.45, 7) is 1.29. The molecular formula is C9H9FO2. The molecule has 0 radical (unpaired) electrons. The SMILES string of the molecule is CC(=O)C(O)c1ccc(F)cc1. The first-order chi connectivity index (χ1) is 5.61. The Balaban J connectivity index is 2.89. The van der Waals surface area contributed by atoms with Crippen LogP contribution in [-0.4, -0.2) is 10.9 Å². The van der Waals surface area contributed by atoms with Crippen molar-refractivity contribution in [3.05, 3.63) is 35.6 Å². The molecule has 1 aromatic carbocycles. The summed E-state index contributed by atoms with van der Waals surface area (Å²) in [6.07, 6.45) is -1.13. The fraction of sp³-hybridized carbons (Fsp3) is 0.222. The quantitative estimate of drug-likeness (QED) is 0.725. The van der Waals surface area contributed by atoms with Crippen molar-refractivity contribution in [2.75, 3.05) is 0 Å². The van der Waals surface area contributed by atoms with E-state index in [0.29, 0.717) is 5.56 Å². The van der Waals surface area contributed by atoms with Crippen molar-refractivity contribution < 1.29 is 14.3 Å². The number of hydrogen-bond acceptors (Lipinski definition) is 2. The lowest BCUT2D eigenvalue weighted by Gasteiger charge is -2.05. The number of carbonyl (C=O) groups is 1. The maximum absolute atomic E-state index is 12.4. The summed E-state index contributed by atoms with van der Waals surface area (Å²) < 4.78 is 12.4. The molecule has 1 N–H and O–H groups in total. The molecule has 12 heavy (non-hydrogen) atoms. The molecule has 1 atom stereocenters. The number of benzene rings is 1. The van der Waals surface area contributed by atoms with Crippen LogP contribution in [0.4, 0.5) is 4.39 Å². The molecule has 0 amide bonds. The first kappa shape index (κ1) is 8.87. The van der Waals surface area contributed by atoms with Crippen molar-refractivity contribution in [2.24, 2.45) is 0 Å². The molecular weight excluding hydrogens is 159 g/mol. The van der Waals surface area contributed by atoms with Crippen LogP contribution in [0.15, 0.2) is 24.3 Å². The van der Waals surface area contributed by atoms with Crippen molar-refractivity contribution in [1.82, 2.24) is 0 Å². The first-order valence-electron chi connectivity index (χ1n) is 3.55. The average Bonchev–Trinajstić information content (AvgIpc) is 2.04. The van der Waals surface area contributed by atoms with Crippen LogP contribution in [0.1, 0.15) is 18.6 Å². The number of rotatable bonds is 2. The Morgan fingerprint density at radius 3 is 2.33 bits per heavy atom. The summed E-state index contributed by atoms with van der Waals surface area (Å²) in [6, 6.07) is 5.20. The Hall–Kier alpha value is -1.22. The summed E-state index contributed by atoms with van der Waals surface area (Å²) in [4.78, 5) is 10.7. The summed E-state index contributed by atoms with van der Waals surface area (Å²) in [5.74, 6) is -0.726. The molecule has 0 aliphatic heterocycles. The molecule has 2 nitrogen and oxygen atoms in total. The van der Waals surface area contributed by atoms with Crippen molar-refractivity contribution >= 4 is 5.78 Å². The lowest BCUT2D eigenvalue weighted by Crippen LogP contribution is -2.07. The lowest BCUT2D eigenvalue weighted by atomic mass is 10.1. The molecule has 0 aliphatic carbocycles. The summed E-state index contributed by atoms with van der Waals surface area (Å²) >= 11 is 0. The fourth-order valence-corrected chi connectivity index (χ4v) is 0.880. The highest BCUT2D eigenvalue weighted by Crippen LogP contribution is 2.13. The smallest absolute Gasteiger partial charge is 0.162 e. The van der Waals surface area contributed by atoms with Gasteiger partial charge in [0.25, 0.3) is 0 Å². The molecule has 64 valence electrons. The molecule has 0 bridgehead atoms. The molecule has 3 heteroatoms. The maximum Gasteiger partial charge on any atom is 0.162 e. The van der Waals surface area contributed by atoms with Gasteiger partial charge in [0.2, 0.25) is 0 Å². The summed E-state index contributed by atoms with van der Waals surface area (Å²) in [5, 5.41) is 9.22. The Morgan fingerprint density at radius 1 is 1.42 bits per heavy atom. The predicted octanol–water partition coefficient (Wildman–Crippen LogP) is 1.45. The monoisotopic (exact) mass is 168 g/mol. The van der Waals surface area contributed by atoms with Crippen LogP contribution in [0.3, 0.4) is 0 Å². The van der Waals surface area contributed by atoms with Gasteiger partial charge in [-0.2, -0.15) is 0 Å². The average molecular weight is 168 g/mol. The molecule has 0 spiro atoms. The third-order valence-electron chi connectivity index (χ3n) is 1.57. The van der Waals surface area contributed by atoms with E-state index in [1.807, 2.05) is 0 Å². The number of aliphatic hydroxyl groups is 1. The van der Waals surface area contributed by atoms with E-state index < -0.39 is 6.10 Å². The normalized spacial score (nSPS) is 12.6. The lowest BCUT2D eigenvalue weighted by molar-refractivity contribution is -0.125. The maximum atomic E-state index is 12.4. The highest BCUT2D eigenvalue weighted by atomic mass is 19.1. The van der Waals surface area contributed by atoms with Crippen molar-refractivity contribution in [1.29, 1.82) is 0 Å². The molecule has 1 rings (SSSR count). The third-order valence-corrected chi connectivity index (χ3v) is 1.57. The second-order valence-corrected chi connectivity index (χ2v) is 2.56. The van der Waals surface area contributed by atoms with E-state index in [2.05, 4.69) is 0 Å². The van der Waals surface area contributed by atoms with E-state index in [4.69, 9.17) is 0 Å². The number of carbonyl (C=O) groups excluding carboxylic acids is 1. The minimum atomic E-state index is -1.13. The van der Waals surface area contributed by atoms with Crippen molar-refractivity contribution in [3.8, 4) is 0 Å².